The van der Waals surface area contributed by atoms with Crippen LogP contribution in [0.1, 0.15) is 45.7 Å². The number of carbonyl (C=O) groups is 3. The summed E-state index contributed by atoms with van der Waals surface area (Å²) in [4.78, 5) is 40.5. The van der Waals surface area contributed by atoms with Crippen molar-refractivity contribution in [3.8, 4) is 22.3 Å². The van der Waals surface area contributed by atoms with Crippen LogP contribution < -0.4 is 5.32 Å². The summed E-state index contributed by atoms with van der Waals surface area (Å²) in [5, 5.41) is 12.4. The average Bonchev–Trinajstić information content (AvgIpc) is 2.89. The molecular formula is C30H25ClN2O4. The lowest BCUT2D eigenvalue weighted by atomic mass is 9.97. The number of rotatable bonds is 9. The molecule has 0 aliphatic carbocycles. The zero-order chi connectivity index (χ0) is 26.4. The maximum absolute atomic E-state index is 13.2. The number of halogens is 1. The quantitative estimate of drug-likeness (QED) is 0.234. The van der Waals surface area contributed by atoms with Crippen LogP contribution in [0.3, 0.4) is 0 Å². The fraction of sp³-hybridized carbons (Fsp3) is 0.133. The number of hydrogen-bond donors (Lipinski definition) is 2. The number of ketones is 1. The van der Waals surface area contributed by atoms with E-state index in [-0.39, 0.29) is 36.6 Å². The number of nitrogens with zero attached hydrogens (tertiary/aromatic N) is 1. The maximum Gasteiger partial charge on any atom is 0.303 e. The summed E-state index contributed by atoms with van der Waals surface area (Å²) in [7, 11) is 0. The number of amides is 1. The highest BCUT2D eigenvalue weighted by Gasteiger charge is 2.15. The summed E-state index contributed by atoms with van der Waals surface area (Å²) in [6, 6.07) is 24.0. The van der Waals surface area contributed by atoms with Gasteiger partial charge in [-0.15, -0.1) is 0 Å². The van der Waals surface area contributed by atoms with Crippen LogP contribution in [0.25, 0.3) is 22.3 Å². The van der Waals surface area contributed by atoms with Crippen molar-refractivity contribution in [2.75, 3.05) is 5.32 Å². The van der Waals surface area contributed by atoms with Crippen LogP contribution in [0.5, 0.6) is 0 Å². The second-order valence-corrected chi connectivity index (χ2v) is 9.13. The molecule has 1 heterocycles. The van der Waals surface area contributed by atoms with Gasteiger partial charge in [-0.25, -0.2) is 0 Å². The first kappa shape index (κ1) is 25.8. The zero-order valence-electron chi connectivity index (χ0n) is 20.2. The van der Waals surface area contributed by atoms with Gasteiger partial charge in [-0.2, -0.15) is 0 Å². The van der Waals surface area contributed by atoms with E-state index < -0.39 is 5.97 Å². The second-order valence-electron chi connectivity index (χ2n) is 8.69. The fourth-order valence-corrected chi connectivity index (χ4v) is 4.05. The Labute approximate surface area is 220 Å². The van der Waals surface area contributed by atoms with Crippen LogP contribution in [0, 0.1) is 6.92 Å². The number of aryl methyl sites for hydroxylation is 1. The lowest BCUT2D eigenvalue weighted by molar-refractivity contribution is -0.137. The minimum absolute atomic E-state index is 0.0601. The van der Waals surface area contributed by atoms with Gasteiger partial charge in [0, 0.05) is 40.9 Å². The molecule has 37 heavy (non-hydrogen) atoms. The molecule has 4 rings (SSSR count). The summed E-state index contributed by atoms with van der Waals surface area (Å²) in [5.41, 5.74) is 5.83. The summed E-state index contributed by atoms with van der Waals surface area (Å²) >= 11 is 5.97. The molecule has 0 saturated heterocycles. The van der Waals surface area contributed by atoms with Gasteiger partial charge in [0.1, 0.15) is 5.69 Å². The van der Waals surface area contributed by atoms with Crippen molar-refractivity contribution >= 4 is 34.9 Å². The summed E-state index contributed by atoms with van der Waals surface area (Å²) in [6.45, 7) is 1.94. The number of aliphatic carboxylic acids is 1. The molecule has 186 valence electrons. The van der Waals surface area contributed by atoms with Gasteiger partial charge >= 0.3 is 5.97 Å². The molecule has 0 unspecified atom stereocenters. The van der Waals surface area contributed by atoms with E-state index in [2.05, 4.69) is 10.3 Å². The Morgan fingerprint density at radius 1 is 0.838 bits per heavy atom. The Morgan fingerprint density at radius 3 is 2.11 bits per heavy atom. The highest BCUT2D eigenvalue weighted by atomic mass is 35.5. The Kier molecular flexibility index (Phi) is 8.11. The van der Waals surface area contributed by atoms with Crippen molar-refractivity contribution in [3.05, 3.63) is 107 Å². The van der Waals surface area contributed by atoms with E-state index in [9.17, 15) is 14.4 Å². The lowest BCUT2D eigenvalue weighted by Gasteiger charge is -2.12. The summed E-state index contributed by atoms with van der Waals surface area (Å²) in [6.07, 6.45) is 1.89. The largest absolute Gasteiger partial charge is 0.481 e. The summed E-state index contributed by atoms with van der Waals surface area (Å²) in [5.74, 6) is -1.40. The number of benzene rings is 3. The van der Waals surface area contributed by atoms with Crippen LogP contribution in [0.15, 0.2) is 85.1 Å². The van der Waals surface area contributed by atoms with Gasteiger partial charge in [-0.3, -0.25) is 19.4 Å². The van der Waals surface area contributed by atoms with Crippen molar-refractivity contribution in [1.82, 2.24) is 4.98 Å². The molecule has 0 aliphatic rings. The van der Waals surface area contributed by atoms with Gasteiger partial charge in [0.15, 0.2) is 5.78 Å². The SMILES string of the molecule is Cc1ccc(C(=O)Nc2ccc(-c3ccc(Cl)cc3)cc2)c(-c2ccc(C(=O)CCCC(=O)O)nc2)c1. The van der Waals surface area contributed by atoms with Crippen molar-refractivity contribution in [2.45, 2.75) is 26.2 Å². The number of carboxylic acids is 1. The van der Waals surface area contributed by atoms with E-state index in [1.54, 1.807) is 24.4 Å². The van der Waals surface area contributed by atoms with Crippen molar-refractivity contribution < 1.29 is 19.5 Å². The van der Waals surface area contributed by atoms with Gasteiger partial charge in [-0.05, 0) is 66.4 Å². The Morgan fingerprint density at radius 2 is 1.49 bits per heavy atom. The third-order valence-electron chi connectivity index (χ3n) is 5.89. The first-order chi connectivity index (χ1) is 17.8. The first-order valence-electron chi connectivity index (χ1n) is 11.8. The highest BCUT2D eigenvalue weighted by molar-refractivity contribution is 6.30. The van der Waals surface area contributed by atoms with Gasteiger partial charge in [0.05, 0.1) is 0 Å². The molecule has 4 aromatic rings. The van der Waals surface area contributed by atoms with E-state index in [1.807, 2.05) is 67.6 Å². The van der Waals surface area contributed by atoms with Gasteiger partial charge in [0.2, 0.25) is 0 Å². The molecule has 0 fully saturated rings. The number of hydrogen-bond acceptors (Lipinski definition) is 4. The number of anilines is 1. The van der Waals surface area contributed by atoms with Gasteiger partial charge in [0.25, 0.3) is 5.91 Å². The predicted octanol–water partition coefficient (Wildman–Crippen LogP) is 7.07. The van der Waals surface area contributed by atoms with E-state index in [4.69, 9.17) is 16.7 Å². The topological polar surface area (TPSA) is 96.4 Å². The van der Waals surface area contributed by atoms with Crippen LogP contribution >= 0.6 is 11.6 Å². The molecule has 0 bridgehead atoms. The smallest absolute Gasteiger partial charge is 0.303 e. The lowest BCUT2D eigenvalue weighted by Crippen LogP contribution is -2.13. The number of pyridine rings is 1. The third kappa shape index (κ3) is 6.68. The molecule has 7 heteroatoms. The van der Waals surface area contributed by atoms with Crippen molar-refractivity contribution in [1.29, 1.82) is 0 Å². The molecule has 3 aromatic carbocycles. The van der Waals surface area contributed by atoms with Crippen LogP contribution in [-0.2, 0) is 4.79 Å². The van der Waals surface area contributed by atoms with Crippen LogP contribution in [0.2, 0.25) is 5.02 Å². The first-order valence-corrected chi connectivity index (χ1v) is 12.2. The number of carbonyl (C=O) groups excluding carboxylic acids is 2. The molecule has 0 saturated carbocycles. The minimum Gasteiger partial charge on any atom is -0.481 e. The Bertz CT molecular complexity index is 1430. The van der Waals surface area contributed by atoms with Gasteiger partial charge < -0.3 is 10.4 Å². The summed E-state index contributed by atoms with van der Waals surface area (Å²) < 4.78 is 0. The van der Waals surface area contributed by atoms with Crippen molar-refractivity contribution in [3.63, 3.8) is 0 Å². The molecular weight excluding hydrogens is 488 g/mol. The second kappa shape index (κ2) is 11.6. The van der Waals surface area contributed by atoms with Gasteiger partial charge in [-0.1, -0.05) is 59.6 Å². The third-order valence-corrected chi connectivity index (χ3v) is 6.15. The molecule has 0 spiro atoms. The normalized spacial score (nSPS) is 10.6. The van der Waals surface area contributed by atoms with Crippen molar-refractivity contribution in [2.24, 2.45) is 0 Å². The Hall–Kier alpha value is -4.29. The molecule has 6 nitrogen and oxygen atoms in total. The van der Waals surface area contributed by atoms with E-state index in [0.29, 0.717) is 27.4 Å². The molecule has 0 radical (unpaired) electrons. The van der Waals surface area contributed by atoms with Crippen LogP contribution in [-0.4, -0.2) is 27.8 Å². The van der Waals surface area contributed by atoms with E-state index >= 15 is 0 Å². The number of nitrogens with one attached hydrogen (secondary N) is 1. The number of Topliss-reactive ketones (excluding diaryl/α,β-unsaturated/α-hetero) is 1. The monoisotopic (exact) mass is 512 g/mol. The van der Waals surface area contributed by atoms with Crippen LogP contribution in [0.4, 0.5) is 5.69 Å². The fourth-order valence-electron chi connectivity index (χ4n) is 3.93. The highest BCUT2D eigenvalue weighted by Crippen LogP contribution is 2.27. The van der Waals surface area contributed by atoms with E-state index in [0.717, 1.165) is 16.7 Å². The number of aromatic nitrogens is 1. The minimum atomic E-state index is -0.932. The molecule has 0 atom stereocenters. The molecule has 0 aliphatic heterocycles. The maximum atomic E-state index is 13.2. The molecule has 2 N–H and O–H groups in total. The molecule has 1 amide bonds. The predicted molar refractivity (Wildman–Crippen MR) is 145 cm³/mol. The Balaban J connectivity index is 1.50. The molecule has 1 aromatic heterocycles. The average molecular weight is 513 g/mol. The van der Waals surface area contributed by atoms with E-state index in [1.165, 1.54) is 0 Å². The standard InChI is InChI=1S/C30H25ClN2O4/c1-19-5-15-25(26(17-19)22-10-16-27(32-18-22)28(34)3-2-4-29(35)36)30(37)33-24-13-8-21(9-14-24)20-6-11-23(31)12-7-20/h5-18H,2-4H2,1H3,(H,33,37)(H,35,36). The zero-order valence-corrected chi connectivity index (χ0v) is 21.0. The number of carboxylic acid groups (broad SMARTS) is 1.